The Hall–Kier alpha value is -1.96. The fraction of sp³-hybridized carbons (Fsp3) is 0.182. The number of aromatic nitrogens is 2. The number of nitrogens with zero attached hydrogens (tertiary/aromatic N) is 3. The van der Waals surface area contributed by atoms with Crippen molar-refractivity contribution in [1.82, 2.24) is 9.55 Å². The van der Waals surface area contributed by atoms with Crippen LogP contribution in [0.4, 0.5) is 15.8 Å². The van der Waals surface area contributed by atoms with Gasteiger partial charge in [0.25, 0.3) is 5.69 Å². The highest BCUT2D eigenvalue weighted by molar-refractivity contribution is 9.10. The van der Waals surface area contributed by atoms with Crippen LogP contribution in [0.25, 0.3) is 0 Å². The van der Waals surface area contributed by atoms with Gasteiger partial charge < -0.3 is 9.88 Å². The summed E-state index contributed by atoms with van der Waals surface area (Å²) in [4.78, 5) is 14.4. The van der Waals surface area contributed by atoms with Gasteiger partial charge in [-0.05, 0) is 15.9 Å². The average Bonchev–Trinajstić information content (AvgIpc) is 2.75. The van der Waals surface area contributed by atoms with Gasteiger partial charge in [-0.2, -0.15) is 0 Å². The van der Waals surface area contributed by atoms with E-state index in [2.05, 4.69) is 26.2 Å². The molecule has 0 radical (unpaired) electrons. The number of imidazole rings is 1. The fourth-order valence-electron chi connectivity index (χ4n) is 1.57. The van der Waals surface area contributed by atoms with E-state index in [-0.39, 0.29) is 22.4 Å². The Morgan fingerprint density at radius 2 is 2.32 bits per heavy atom. The number of rotatable bonds is 4. The first-order valence-electron chi connectivity index (χ1n) is 5.32. The number of hydrogen-bond donors (Lipinski definition) is 1. The van der Waals surface area contributed by atoms with Gasteiger partial charge >= 0.3 is 0 Å². The number of nitrogens with one attached hydrogen (secondary N) is 1. The lowest BCUT2D eigenvalue weighted by Crippen LogP contribution is -2.07. The second kappa shape index (κ2) is 5.35. The Morgan fingerprint density at radius 3 is 2.89 bits per heavy atom. The third-order valence-electron chi connectivity index (χ3n) is 2.59. The highest BCUT2D eigenvalue weighted by Crippen LogP contribution is 2.30. The van der Waals surface area contributed by atoms with Crippen molar-refractivity contribution in [3.05, 3.63) is 50.8 Å². The van der Waals surface area contributed by atoms with Crippen LogP contribution in [-0.2, 0) is 13.6 Å². The molecule has 0 spiro atoms. The van der Waals surface area contributed by atoms with E-state index in [4.69, 9.17) is 0 Å². The first kappa shape index (κ1) is 13.5. The third-order valence-corrected chi connectivity index (χ3v) is 3.20. The van der Waals surface area contributed by atoms with Gasteiger partial charge in [-0.25, -0.2) is 9.37 Å². The van der Waals surface area contributed by atoms with E-state index >= 15 is 0 Å². The summed E-state index contributed by atoms with van der Waals surface area (Å²) < 4.78 is 15.3. The van der Waals surface area contributed by atoms with E-state index in [1.54, 1.807) is 24.0 Å². The maximum Gasteiger partial charge on any atom is 0.293 e. The van der Waals surface area contributed by atoms with Crippen LogP contribution in [0.1, 0.15) is 5.82 Å². The molecule has 1 aromatic carbocycles. The minimum atomic E-state index is -0.565. The van der Waals surface area contributed by atoms with Gasteiger partial charge in [0, 0.05) is 31.6 Å². The molecule has 0 unspecified atom stereocenters. The second-order valence-corrected chi connectivity index (χ2v) is 4.70. The minimum absolute atomic E-state index is 0.0572. The molecule has 2 aromatic rings. The highest BCUT2D eigenvalue weighted by atomic mass is 79.9. The molecule has 0 aliphatic carbocycles. The lowest BCUT2D eigenvalue weighted by atomic mass is 10.2. The average molecular weight is 329 g/mol. The predicted molar refractivity (Wildman–Crippen MR) is 71.3 cm³/mol. The van der Waals surface area contributed by atoms with Crippen molar-refractivity contribution in [2.24, 2.45) is 7.05 Å². The molecule has 0 saturated carbocycles. The number of hydrogen-bond acceptors (Lipinski definition) is 4. The van der Waals surface area contributed by atoms with Gasteiger partial charge in [0.05, 0.1) is 15.9 Å². The zero-order chi connectivity index (χ0) is 14.0. The molecule has 1 N–H and O–H groups in total. The van der Waals surface area contributed by atoms with Crippen molar-refractivity contribution in [3.63, 3.8) is 0 Å². The highest BCUT2D eigenvalue weighted by Gasteiger charge is 2.17. The summed E-state index contributed by atoms with van der Waals surface area (Å²) in [5, 5.41) is 13.7. The molecule has 0 bridgehead atoms. The van der Waals surface area contributed by atoms with Gasteiger partial charge in [0.2, 0.25) is 0 Å². The monoisotopic (exact) mass is 328 g/mol. The van der Waals surface area contributed by atoms with Crippen LogP contribution < -0.4 is 5.32 Å². The van der Waals surface area contributed by atoms with Crippen LogP contribution in [0.3, 0.4) is 0 Å². The molecule has 0 atom stereocenters. The number of anilines is 1. The predicted octanol–water partition coefficient (Wildman–Crippen LogP) is 2.84. The fourth-order valence-corrected chi connectivity index (χ4v) is 1.90. The normalized spacial score (nSPS) is 10.5. The van der Waals surface area contributed by atoms with Crippen LogP contribution in [0.2, 0.25) is 0 Å². The standard InChI is InChI=1S/C11H10BrFN4O2/c1-16-3-2-14-11(16)6-15-9-5-8(13)7(12)4-10(9)17(18)19/h2-5,15H,6H2,1H3. The van der Waals surface area contributed by atoms with Gasteiger partial charge in [-0.3, -0.25) is 10.1 Å². The van der Waals surface area contributed by atoms with Crippen molar-refractivity contribution in [2.75, 3.05) is 5.32 Å². The summed E-state index contributed by atoms with van der Waals surface area (Å²) in [6.45, 7) is 0.269. The van der Waals surface area contributed by atoms with Crippen LogP contribution in [-0.4, -0.2) is 14.5 Å². The SMILES string of the molecule is Cn1ccnc1CNc1cc(F)c(Br)cc1[N+](=O)[O-]. The molecule has 0 saturated heterocycles. The van der Waals surface area contributed by atoms with Gasteiger partial charge in [-0.1, -0.05) is 0 Å². The summed E-state index contributed by atoms with van der Waals surface area (Å²) in [7, 11) is 1.81. The lowest BCUT2D eigenvalue weighted by Gasteiger charge is -2.08. The Morgan fingerprint density at radius 1 is 1.58 bits per heavy atom. The number of benzene rings is 1. The summed E-state index contributed by atoms with van der Waals surface area (Å²) in [5.74, 6) is 0.130. The topological polar surface area (TPSA) is 73.0 Å². The van der Waals surface area contributed by atoms with Crippen molar-refractivity contribution in [1.29, 1.82) is 0 Å². The Kier molecular flexibility index (Phi) is 3.79. The van der Waals surface area contributed by atoms with E-state index in [0.717, 1.165) is 12.1 Å². The lowest BCUT2D eigenvalue weighted by molar-refractivity contribution is -0.384. The first-order chi connectivity index (χ1) is 8.99. The molecule has 2 rings (SSSR count). The molecule has 1 heterocycles. The van der Waals surface area contributed by atoms with Gasteiger partial charge in [-0.15, -0.1) is 0 Å². The van der Waals surface area contributed by atoms with E-state index in [1.807, 2.05) is 0 Å². The van der Waals surface area contributed by atoms with Crippen molar-refractivity contribution < 1.29 is 9.31 Å². The van der Waals surface area contributed by atoms with E-state index in [1.165, 1.54) is 0 Å². The summed E-state index contributed by atoms with van der Waals surface area (Å²) >= 11 is 2.93. The molecule has 0 aliphatic rings. The molecule has 19 heavy (non-hydrogen) atoms. The molecule has 0 aliphatic heterocycles. The maximum absolute atomic E-state index is 13.4. The minimum Gasteiger partial charge on any atom is -0.372 e. The van der Waals surface area contributed by atoms with Gasteiger partial charge in [0.1, 0.15) is 17.3 Å². The van der Waals surface area contributed by atoms with Crippen molar-refractivity contribution in [2.45, 2.75) is 6.54 Å². The van der Waals surface area contributed by atoms with Crippen LogP contribution in [0, 0.1) is 15.9 Å². The zero-order valence-electron chi connectivity index (χ0n) is 9.93. The Labute approximate surface area is 116 Å². The Balaban J connectivity index is 2.26. The van der Waals surface area contributed by atoms with E-state index in [9.17, 15) is 14.5 Å². The molecule has 0 amide bonds. The molecule has 6 nitrogen and oxygen atoms in total. The van der Waals surface area contributed by atoms with Crippen LogP contribution in [0.15, 0.2) is 29.0 Å². The molecule has 1 aromatic heterocycles. The summed E-state index contributed by atoms with van der Waals surface area (Å²) in [6, 6.07) is 2.22. The quantitative estimate of drug-likeness (QED) is 0.691. The molecule has 8 heteroatoms. The first-order valence-corrected chi connectivity index (χ1v) is 6.12. The zero-order valence-corrected chi connectivity index (χ0v) is 11.5. The van der Waals surface area contributed by atoms with E-state index in [0.29, 0.717) is 5.82 Å². The second-order valence-electron chi connectivity index (χ2n) is 3.85. The van der Waals surface area contributed by atoms with E-state index < -0.39 is 10.7 Å². The number of aryl methyl sites for hydroxylation is 1. The number of nitro benzene ring substituents is 1. The number of halogens is 2. The molecular weight excluding hydrogens is 319 g/mol. The van der Waals surface area contributed by atoms with Crippen molar-refractivity contribution >= 4 is 27.3 Å². The smallest absolute Gasteiger partial charge is 0.293 e. The molecular formula is C11H10BrFN4O2. The summed E-state index contributed by atoms with van der Waals surface area (Å²) in [5.41, 5.74) is -0.0730. The third kappa shape index (κ3) is 2.90. The summed E-state index contributed by atoms with van der Waals surface area (Å²) in [6.07, 6.45) is 3.38. The Bertz CT molecular complexity index is 629. The maximum atomic E-state index is 13.4. The van der Waals surface area contributed by atoms with Crippen molar-refractivity contribution in [3.8, 4) is 0 Å². The molecule has 100 valence electrons. The molecule has 0 fully saturated rings. The number of nitro groups is 1. The van der Waals surface area contributed by atoms with Crippen LogP contribution >= 0.6 is 15.9 Å². The largest absolute Gasteiger partial charge is 0.372 e. The van der Waals surface area contributed by atoms with Gasteiger partial charge in [0.15, 0.2) is 0 Å². The van der Waals surface area contributed by atoms with Crippen LogP contribution in [0.5, 0.6) is 0 Å².